The molecule has 5 heteroatoms. The first kappa shape index (κ1) is 15.9. The summed E-state index contributed by atoms with van der Waals surface area (Å²) in [5, 5.41) is 0.629. The zero-order chi connectivity index (χ0) is 16.6. The van der Waals surface area contributed by atoms with Crippen LogP contribution >= 0.6 is 11.3 Å². The van der Waals surface area contributed by atoms with Crippen molar-refractivity contribution in [1.82, 2.24) is 0 Å². The molecule has 1 aromatic heterocycles. The number of nitrogen functional groups attached to an aromatic ring is 1. The average molecular weight is 331 g/mol. The maximum Gasteiger partial charge on any atom is 0.196 e. The van der Waals surface area contributed by atoms with E-state index in [2.05, 4.69) is 6.92 Å². The van der Waals surface area contributed by atoms with Gasteiger partial charge in [-0.1, -0.05) is 6.92 Å². The van der Waals surface area contributed by atoms with Crippen molar-refractivity contribution in [2.45, 2.75) is 26.2 Å². The lowest BCUT2D eigenvalue weighted by atomic mass is 9.86. The first-order valence-corrected chi connectivity index (χ1v) is 8.53. The molecule has 4 nitrogen and oxygen atoms in total. The van der Waals surface area contributed by atoms with E-state index in [9.17, 15) is 4.79 Å². The van der Waals surface area contributed by atoms with Crippen molar-refractivity contribution in [3.05, 3.63) is 39.8 Å². The summed E-state index contributed by atoms with van der Waals surface area (Å²) < 4.78 is 10.5. The lowest BCUT2D eigenvalue weighted by molar-refractivity contribution is 0.103. The zero-order valence-corrected chi connectivity index (χ0v) is 14.5. The highest BCUT2D eigenvalue weighted by atomic mass is 32.1. The Kier molecular flexibility index (Phi) is 4.31. The van der Waals surface area contributed by atoms with Gasteiger partial charge in [-0.25, -0.2) is 0 Å². The van der Waals surface area contributed by atoms with E-state index >= 15 is 0 Å². The van der Waals surface area contributed by atoms with Crippen molar-refractivity contribution in [3.8, 4) is 11.5 Å². The normalized spacial score (nSPS) is 16.7. The van der Waals surface area contributed by atoms with Gasteiger partial charge < -0.3 is 15.2 Å². The van der Waals surface area contributed by atoms with Crippen LogP contribution in [0.1, 0.15) is 39.7 Å². The molecule has 0 fully saturated rings. The van der Waals surface area contributed by atoms with Gasteiger partial charge in [0, 0.05) is 10.4 Å². The second kappa shape index (κ2) is 6.24. The van der Waals surface area contributed by atoms with Crippen LogP contribution < -0.4 is 15.2 Å². The van der Waals surface area contributed by atoms with Crippen molar-refractivity contribution in [1.29, 1.82) is 0 Å². The van der Waals surface area contributed by atoms with Crippen molar-refractivity contribution in [2.24, 2.45) is 5.92 Å². The number of benzene rings is 1. The molecule has 1 aliphatic carbocycles. The zero-order valence-electron chi connectivity index (χ0n) is 13.6. The van der Waals surface area contributed by atoms with Gasteiger partial charge in [-0.15, -0.1) is 11.3 Å². The predicted molar refractivity (Wildman–Crippen MR) is 92.9 cm³/mol. The van der Waals surface area contributed by atoms with Gasteiger partial charge in [0.05, 0.1) is 24.8 Å². The van der Waals surface area contributed by atoms with Gasteiger partial charge in [-0.2, -0.15) is 0 Å². The SMILES string of the molecule is COc1ccc(C(=O)c2c(N)sc3c2CCC(C)C3)cc1OC. The Labute approximate surface area is 140 Å². The molecule has 1 aromatic carbocycles. The van der Waals surface area contributed by atoms with Crippen LogP contribution in [-0.4, -0.2) is 20.0 Å². The summed E-state index contributed by atoms with van der Waals surface area (Å²) in [7, 11) is 3.14. The topological polar surface area (TPSA) is 61.5 Å². The van der Waals surface area contributed by atoms with Crippen molar-refractivity contribution >= 4 is 22.1 Å². The van der Waals surface area contributed by atoms with Crippen LogP contribution in [-0.2, 0) is 12.8 Å². The summed E-state index contributed by atoms with van der Waals surface area (Å²) >= 11 is 1.56. The van der Waals surface area contributed by atoms with Gasteiger partial charge in [-0.05, 0) is 48.9 Å². The Balaban J connectivity index is 2.01. The third-order valence-corrected chi connectivity index (χ3v) is 5.50. The molecule has 122 valence electrons. The van der Waals surface area contributed by atoms with Crippen LogP contribution in [0.25, 0.3) is 0 Å². The molecular formula is C18H21NO3S. The summed E-state index contributed by atoms with van der Waals surface area (Å²) in [6.45, 7) is 2.24. The van der Waals surface area contributed by atoms with E-state index in [1.165, 1.54) is 4.88 Å². The lowest BCUT2D eigenvalue weighted by Crippen LogP contribution is -2.13. The minimum absolute atomic E-state index is 0.0319. The Morgan fingerprint density at radius 3 is 2.70 bits per heavy atom. The number of hydrogen-bond acceptors (Lipinski definition) is 5. The number of ether oxygens (including phenoxy) is 2. The molecule has 0 amide bonds. The average Bonchev–Trinajstić information content (AvgIpc) is 2.88. The molecule has 1 heterocycles. The number of ketones is 1. The van der Waals surface area contributed by atoms with E-state index in [1.807, 2.05) is 0 Å². The van der Waals surface area contributed by atoms with Crippen LogP contribution in [0.3, 0.4) is 0 Å². The first-order valence-electron chi connectivity index (χ1n) is 7.71. The number of anilines is 1. The summed E-state index contributed by atoms with van der Waals surface area (Å²) in [5.41, 5.74) is 8.58. The van der Waals surface area contributed by atoms with Crippen molar-refractivity contribution in [2.75, 3.05) is 20.0 Å². The van der Waals surface area contributed by atoms with Crippen molar-refractivity contribution in [3.63, 3.8) is 0 Å². The van der Waals surface area contributed by atoms with Crippen LogP contribution in [0, 0.1) is 5.92 Å². The molecule has 0 bridgehead atoms. The minimum Gasteiger partial charge on any atom is -0.493 e. The molecule has 2 aromatic rings. The summed E-state index contributed by atoms with van der Waals surface area (Å²) in [4.78, 5) is 14.2. The largest absolute Gasteiger partial charge is 0.493 e. The molecule has 0 saturated heterocycles. The molecule has 1 atom stereocenters. The number of methoxy groups -OCH3 is 2. The van der Waals surface area contributed by atoms with Gasteiger partial charge in [0.1, 0.15) is 0 Å². The number of thiophene rings is 1. The van der Waals surface area contributed by atoms with Crippen LogP contribution in [0.2, 0.25) is 0 Å². The number of rotatable bonds is 4. The molecule has 0 radical (unpaired) electrons. The van der Waals surface area contributed by atoms with Crippen molar-refractivity contribution < 1.29 is 14.3 Å². The lowest BCUT2D eigenvalue weighted by Gasteiger charge is -2.18. The maximum absolute atomic E-state index is 13.0. The van der Waals surface area contributed by atoms with Gasteiger partial charge >= 0.3 is 0 Å². The summed E-state index contributed by atoms with van der Waals surface area (Å²) in [5.74, 6) is 1.79. The molecule has 2 N–H and O–H groups in total. The molecule has 3 rings (SSSR count). The van der Waals surface area contributed by atoms with E-state index in [-0.39, 0.29) is 5.78 Å². The van der Waals surface area contributed by atoms with E-state index in [0.717, 1.165) is 24.8 Å². The number of fused-ring (bicyclic) bond motifs is 1. The van der Waals surface area contributed by atoms with Crippen LogP contribution in [0.5, 0.6) is 11.5 Å². The molecule has 1 aliphatic rings. The monoisotopic (exact) mass is 331 g/mol. The van der Waals surface area contributed by atoms with Crippen LogP contribution in [0.15, 0.2) is 18.2 Å². The highest BCUT2D eigenvalue weighted by Gasteiger charge is 2.27. The quantitative estimate of drug-likeness (QED) is 0.868. The molecular weight excluding hydrogens is 310 g/mol. The van der Waals surface area contributed by atoms with E-state index < -0.39 is 0 Å². The predicted octanol–water partition coefficient (Wildman–Crippen LogP) is 3.70. The van der Waals surface area contributed by atoms with Gasteiger partial charge in [-0.3, -0.25) is 4.79 Å². The standard InChI is InChI=1S/C18H21NO3S/c1-10-4-6-12-15(8-10)23-18(19)16(12)17(20)11-5-7-13(21-2)14(9-11)22-3/h5,7,9-10H,4,6,8,19H2,1-3H3. The maximum atomic E-state index is 13.0. The Bertz CT molecular complexity index is 751. The Hall–Kier alpha value is -2.01. The number of carbonyl (C=O) groups excluding carboxylic acids is 1. The fraction of sp³-hybridized carbons (Fsp3) is 0.389. The number of hydrogen-bond donors (Lipinski definition) is 1. The fourth-order valence-electron chi connectivity index (χ4n) is 3.14. The fourth-order valence-corrected chi connectivity index (χ4v) is 4.42. The smallest absolute Gasteiger partial charge is 0.196 e. The summed E-state index contributed by atoms with van der Waals surface area (Å²) in [6.07, 6.45) is 3.05. The first-order chi connectivity index (χ1) is 11.0. The highest BCUT2D eigenvalue weighted by Crippen LogP contribution is 2.39. The third-order valence-electron chi connectivity index (χ3n) is 4.41. The van der Waals surface area contributed by atoms with Gasteiger partial charge in [0.15, 0.2) is 17.3 Å². The second-order valence-electron chi connectivity index (χ2n) is 5.99. The number of carbonyl (C=O) groups is 1. The third kappa shape index (κ3) is 2.81. The molecule has 1 unspecified atom stereocenters. The molecule has 0 saturated carbocycles. The van der Waals surface area contributed by atoms with Gasteiger partial charge in [0.2, 0.25) is 0 Å². The second-order valence-corrected chi connectivity index (χ2v) is 7.13. The molecule has 0 aliphatic heterocycles. The summed E-state index contributed by atoms with van der Waals surface area (Å²) in [6, 6.07) is 5.23. The molecule has 23 heavy (non-hydrogen) atoms. The van der Waals surface area contributed by atoms with Gasteiger partial charge in [0.25, 0.3) is 0 Å². The van der Waals surface area contributed by atoms with E-state index in [0.29, 0.717) is 33.5 Å². The Morgan fingerprint density at radius 1 is 1.26 bits per heavy atom. The minimum atomic E-state index is -0.0319. The molecule has 0 spiro atoms. The Morgan fingerprint density at radius 2 is 2.00 bits per heavy atom. The van der Waals surface area contributed by atoms with Crippen LogP contribution in [0.4, 0.5) is 5.00 Å². The number of nitrogens with two attached hydrogens (primary N) is 1. The van der Waals surface area contributed by atoms with E-state index in [4.69, 9.17) is 15.2 Å². The highest BCUT2D eigenvalue weighted by molar-refractivity contribution is 7.16. The van der Waals surface area contributed by atoms with E-state index in [1.54, 1.807) is 43.8 Å².